The monoisotopic (exact) mass is 239 g/mol. The highest BCUT2D eigenvalue weighted by Gasteiger charge is 2.02. The van der Waals surface area contributed by atoms with E-state index >= 15 is 0 Å². The number of aromatic nitrogens is 2. The van der Waals surface area contributed by atoms with E-state index in [1.54, 1.807) is 23.0 Å². The number of halogens is 2. The number of benzene rings is 1. The van der Waals surface area contributed by atoms with Gasteiger partial charge in [-0.25, -0.2) is 4.39 Å². The summed E-state index contributed by atoms with van der Waals surface area (Å²) in [7, 11) is 1.84. The van der Waals surface area contributed by atoms with Gasteiger partial charge < -0.3 is 5.32 Å². The van der Waals surface area contributed by atoms with Crippen molar-refractivity contribution in [3.8, 4) is 0 Å². The molecule has 0 aliphatic carbocycles. The first-order chi connectivity index (χ1) is 7.66. The molecule has 2 rings (SSSR count). The fourth-order valence-corrected chi connectivity index (χ4v) is 1.51. The molecule has 0 atom stereocenters. The number of nitrogens with zero attached hydrogens (tertiary/aromatic N) is 2. The van der Waals surface area contributed by atoms with E-state index in [1.807, 2.05) is 13.1 Å². The van der Waals surface area contributed by atoms with Gasteiger partial charge in [0.05, 0.1) is 11.2 Å². The van der Waals surface area contributed by atoms with Gasteiger partial charge in [0.15, 0.2) is 0 Å². The van der Waals surface area contributed by atoms with Crippen molar-refractivity contribution in [2.24, 2.45) is 7.05 Å². The largest absolute Gasteiger partial charge is 0.366 e. The Labute approximate surface area is 97.8 Å². The summed E-state index contributed by atoms with van der Waals surface area (Å²) in [6, 6.07) is 6.61. The topological polar surface area (TPSA) is 29.9 Å². The summed E-state index contributed by atoms with van der Waals surface area (Å²) in [6.07, 6.45) is 1.70. The molecule has 1 aromatic carbocycles. The van der Waals surface area contributed by atoms with Crippen molar-refractivity contribution in [1.29, 1.82) is 0 Å². The lowest BCUT2D eigenvalue weighted by atomic mass is 10.2. The van der Waals surface area contributed by atoms with Crippen LogP contribution in [0.3, 0.4) is 0 Å². The molecular weight excluding hydrogens is 229 g/mol. The van der Waals surface area contributed by atoms with Crippen molar-refractivity contribution in [3.63, 3.8) is 0 Å². The fourth-order valence-electron chi connectivity index (χ4n) is 1.39. The molecule has 0 amide bonds. The van der Waals surface area contributed by atoms with Crippen molar-refractivity contribution in [2.75, 3.05) is 5.32 Å². The van der Waals surface area contributed by atoms with Crippen molar-refractivity contribution in [2.45, 2.75) is 6.54 Å². The highest BCUT2D eigenvalue weighted by atomic mass is 35.5. The van der Waals surface area contributed by atoms with Crippen LogP contribution in [-0.2, 0) is 13.6 Å². The molecule has 1 heterocycles. The summed E-state index contributed by atoms with van der Waals surface area (Å²) in [4.78, 5) is 0. The molecule has 0 saturated carbocycles. The lowest BCUT2D eigenvalue weighted by molar-refractivity contribution is 0.626. The molecule has 1 aromatic heterocycles. The highest BCUT2D eigenvalue weighted by molar-refractivity contribution is 6.30. The molecule has 0 fully saturated rings. The molecule has 0 aliphatic rings. The zero-order chi connectivity index (χ0) is 11.5. The first-order valence-electron chi connectivity index (χ1n) is 4.82. The van der Waals surface area contributed by atoms with E-state index in [0.29, 0.717) is 6.54 Å². The summed E-state index contributed by atoms with van der Waals surface area (Å²) in [5, 5.41) is 7.31. The molecule has 1 N–H and O–H groups in total. The molecule has 16 heavy (non-hydrogen) atoms. The highest BCUT2D eigenvalue weighted by Crippen LogP contribution is 2.16. The second kappa shape index (κ2) is 4.53. The maximum atomic E-state index is 13.1. The van der Waals surface area contributed by atoms with Crippen LogP contribution in [0, 0.1) is 5.82 Å². The van der Waals surface area contributed by atoms with Gasteiger partial charge >= 0.3 is 0 Å². The van der Waals surface area contributed by atoms with Crippen LogP contribution < -0.4 is 5.32 Å². The average molecular weight is 240 g/mol. The van der Waals surface area contributed by atoms with Gasteiger partial charge in [-0.1, -0.05) is 17.7 Å². The van der Waals surface area contributed by atoms with Crippen molar-refractivity contribution < 1.29 is 4.39 Å². The minimum atomic E-state index is -0.397. The van der Waals surface area contributed by atoms with E-state index in [-0.39, 0.29) is 5.02 Å². The minimum Gasteiger partial charge on any atom is -0.366 e. The molecule has 0 radical (unpaired) electrons. The van der Waals surface area contributed by atoms with Crippen LogP contribution in [0.15, 0.2) is 30.5 Å². The predicted molar refractivity (Wildman–Crippen MR) is 61.9 cm³/mol. The summed E-state index contributed by atoms with van der Waals surface area (Å²) >= 11 is 5.60. The SMILES string of the molecule is Cn1nccc1NCc1ccc(Cl)c(F)c1. The molecule has 5 heteroatoms. The van der Waals surface area contributed by atoms with E-state index in [0.717, 1.165) is 11.4 Å². The van der Waals surface area contributed by atoms with Crippen molar-refractivity contribution >= 4 is 17.4 Å². The average Bonchev–Trinajstić information content (AvgIpc) is 2.66. The van der Waals surface area contributed by atoms with Gasteiger partial charge in [0.1, 0.15) is 11.6 Å². The molecule has 2 aromatic rings. The van der Waals surface area contributed by atoms with Gasteiger partial charge in [0.2, 0.25) is 0 Å². The van der Waals surface area contributed by atoms with Crippen LogP contribution in [0.2, 0.25) is 5.02 Å². The fraction of sp³-hybridized carbons (Fsp3) is 0.182. The quantitative estimate of drug-likeness (QED) is 0.893. The second-order valence-corrected chi connectivity index (χ2v) is 3.85. The van der Waals surface area contributed by atoms with Crippen LogP contribution in [0.5, 0.6) is 0 Å². The maximum absolute atomic E-state index is 13.1. The van der Waals surface area contributed by atoms with Gasteiger partial charge in [-0.15, -0.1) is 0 Å². The van der Waals surface area contributed by atoms with Crippen LogP contribution in [0.4, 0.5) is 10.2 Å². The number of hydrogen-bond acceptors (Lipinski definition) is 2. The van der Waals surface area contributed by atoms with E-state index in [2.05, 4.69) is 10.4 Å². The summed E-state index contributed by atoms with van der Waals surface area (Å²) in [5.74, 6) is 0.487. The molecule has 0 saturated heterocycles. The van der Waals surface area contributed by atoms with Crippen molar-refractivity contribution in [1.82, 2.24) is 9.78 Å². The molecule has 84 valence electrons. The van der Waals surface area contributed by atoms with E-state index in [1.165, 1.54) is 6.07 Å². The summed E-state index contributed by atoms with van der Waals surface area (Å²) in [6.45, 7) is 0.535. The van der Waals surface area contributed by atoms with Crippen LogP contribution in [0.1, 0.15) is 5.56 Å². The van der Waals surface area contributed by atoms with Crippen molar-refractivity contribution in [3.05, 3.63) is 46.9 Å². The standard InChI is InChI=1S/C11H11ClFN3/c1-16-11(4-5-15-16)14-7-8-2-3-9(12)10(13)6-8/h2-6,14H,7H2,1H3. The van der Waals surface area contributed by atoms with E-state index < -0.39 is 5.82 Å². The first kappa shape index (κ1) is 11.0. The first-order valence-corrected chi connectivity index (χ1v) is 5.20. The molecule has 0 aliphatic heterocycles. The van der Waals surface area contributed by atoms with Gasteiger partial charge in [0.25, 0.3) is 0 Å². The zero-order valence-electron chi connectivity index (χ0n) is 8.74. The van der Waals surface area contributed by atoms with E-state index in [9.17, 15) is 4.39 Å². The van der Waals surface area contributed by atoms with Crippen LogP contribution >= 0.6 is 11.6 Å². The van der Waals surface area contributed by atoms with Gasteiger partial charge in [-0.05, 0) is 17.7 Å². The predicted octanol–water partition coefficient (Wildman–Crippen LogP) is 2.82. The third-order valence-electron chi connectivity index (χ3n) is 2.28. The smallest absolute Gasteiger partial charge is 0.142 e. The Kier molecular flexibility index (Phi) is 3.10. The molecule has 0 unspecified atom stereocenters. The minimum absolute atomic E-state index is 0.143. The van der Waals surface area contributed by atoms with Crippen LogP contribution in [0.25, 0.3) is 0 Å². The maximum Gasteiger partial charge on any atom is 0.142 e. The lowest BCUT2D eigenvalue weighted by Gasteiger charge is -2.06. The Hall–Kier alpha value is -1.55. The molecule has 3 nitrogen and oxygen atoms in total. The van der Waals surface area contributed by atoms with Gasteiger partial charge in [-0.2, -0.15) is 5.10 Å². The zero-order valence-corrected chi connectivity index (χ0v) is 9.50. The molecule has 0 bridgehead atoms. The third-order valence-corrected chi connectivity index (χ3v) is 2.59. The Morgan fingerprint density at radius 3 is 2.88 bits per heavy atom. The van der Waals surface area contributed by atoms with Gasteiger partial charge in [0, 0.05) is 19.7 Å². The summed E-state index contributed by atoms with van der Waals surface area (Å²) in [5.41, 5.74) is 0.836. The third kappa shape index (κ3) is 2.33. The Bertz CT molecular complexity index is 496. The second-order valence-electron chi connectivity index (χ2n) is 3.44. The number of aryl methyl sites for hydroxylation is 1. The van der Waals surface area contributed by atoms with Gasteiger partial charge in [-0.3, -0.25) is 4.68 Å². The number of anilines is 1. The Balaban J connectivity index is 2.05. The van der Waals surface area contributed by atoms with Crippen LogP contribution in [-0.4, -0.2) is 9.78 Å². The number of rotatable bonds is 3. The lowest BCUT2D eigenvalue weighted by Crippen LogP contribution is -2.04. The molecular formula is C11H11ClFN3. The summed E-state index contributed by atoms with van der Waals surface area (Å²) < 4.78 is 14.9. The Morgan fingerprint density at radius 2 is 2.25 bits per heavy atom. The number of nitrogens with one attached hydrogen (secondary N) is 1. The number of hydrogen-bond donors (Lipinski definition) is 1. The normalized spacial score (nSPS) is 10.4. The van der Waals surface area contributed by atoms with E-state index in [4.69, 9.17) is 11.6 Å². The molecule has 0 spiro atoms. The Morgan fingerprint density at radius 1 is 1.44 bits per heavy atom.